The van der Waals surface area contributed by atoms with Crippen LogP contribution in [0.1, 0.15) is 5.76 Å². The van der Waals surface area contributed by atoms with Gasteiger partial charge in [-0.05, 0) is 47.2 Å². The standard InChI is InChI=1S/C23H16Cl2N2O3/c24-20-7-3-6-19(23(20)25)21-11-10-18(30-21)13-26-27-22(28)14-29-17-9-8-15-4-1-2-5-16(15)12-17/h1-13H,14H2,(H,27,28)/b26-13+. The Morgan fingerprint density at radius 2 is 1.83 bits per heavy atom. The van der Waals surface area contributed by atoms with E-state index in [2.05, 4.69) is 10.5 Å². The van der Waals surface area contributed by atoms with Crippen LogP contribution < -0.4 is 10.2 Å². The number of nitrogens with one attached hydrogen (secondary N) is 1. The third-order valence-electron chi connectivity index (χ3n) is 4.32. The molecule has 0 aliphatic carbocycles. The van der Waals surface area contributed by atoms with Crippen LogP contribution in [0.15, 0.2) is 82.3 Å². The molecule has 1 amide bonds. The summed E-state index contributed by atoms with van der Waals surface area (Å²) >= 11 is 12.2. The van der Waals surface area contributed by atoms with Gasteiger partial charge in [0.1, 0.15) is 17.3 Å². The first-order valence-corrected chi connectivity index (χ1v) is 9.83. The van der Waals surface area contributed by atoms with E-state index >= 15 is 0 Å². The third-order valence-corrected chi connectivity index (χ3v) is 5.13. The van der Waals surface area contributed by atoms with E-state index in [1.165, 1.54) is 6.21 Å². The van der Waals surface area contributed by atoms with E-state index < -0.39 is 0 Å². The Labute approximate surface area is 182 Å². The van der Waals surface area contributed by atoms with Crippen LogP contribution in [-0.4, -0.2) is 18.7 Å². The number of halogens is 2. The van der Waals surface area contributed by atoms with Crippen LogP contribution in [0.5, 0.6) is 5.75 Å². The minimum atomic E-state index is -0.385. The molecule has 4 aromatic rings. The highest BCUT2D eigenvalue weighted by Crippen LogP contribution is 2.34. The van der Waals surface area contributed by atoms with Crippen molar-refractivity contribution in [2.45, 2.75) is 0 Å². The number of carbonyl (C=O) groups is 1. The molecule has 0 spiro atoms. The van der Waals surface area contributed by atoms with Gasteiger partial charge in [-0.3, -0.25) is 4.79 Å². The molecular weight excluding hydrogens is 423 g/mol. The van der Waals surface area contributed by atoms with Crippen molar-refractivity contribution < 1.29 is 13.9 Å². The highest BCUT2D eigenvalue weighted by Gasteiger charge is 2.10. The average Bonchev–Trinajstić information content (AvgIpc) is 3.22. The second-order valence-electron chi connectivity index (χ2n) is 6.39. The van der Waals surface area contributed by atoms with Crippen LogP contribution in [0.25, 0.3) is 22.1 Å². The maximum atomic E-state index is 12.0. The lowest BCUT2D eigenvalue weighted by atomic mass is 10.1. The summed E-state index contributed by atoms with van der Waals surface area (Å²) in [6.45, 7) is -0.156. The van der Waals surface area contributed by atoms with Gasteiger partial charge < -0.3 is 9.15 Å². The molecule has 1 heterocycles. The van der Waals surface area contributed by atoms with Crippen LogP contribution in [0, 0.1) is 0 Å². The minimum absolute atomic E-state index is 0.156. The third kappa shape index (κ3) is 4.64. The van der Waals surface area contributed by atoms with Gasteiger partial charge in [-0.25, -0.2) is 5.43 Å². The maximum Gasteiger partial charge on any atom is 0.277 e. The topological polar surface area (TPSA) is 63.8 Å². The van der Waals surface area contributed by atoms with E-state index in [4.69, 9.17) is 32.4 Å². The Morgan fingerprint density at radius 3 is 2.70 bits per heavy atom. The van der Waals surface area contributed by atoms with Crippen LogP contribution in [0.2, 0.25) is 10.0 Å². The summed E-state index contributed by atoms with van der Waals surface area (Å²) in [5.41, 5.74) is 3.08. The van der Waals surface area contributed by atoms with Gasteiger partial charge in [0.05, 0.1) is 16.3 Å². The molecule has 0 aliphatic heterocycles. The van der Waals surface area contributed by atoms with Gasteiger partial charge in [-0.1, -0.05) is 59.6 Å². The summed E-state index contributed by atoms with van der Waals surface area (Å²) in [6, 6.07) is 22.3. The van der Waals surface area contributed by atoms with E-state index in [-0.39, 0.29) is 12.5 Å². The molecule has 0 saturated heterocycles. The van der Waals surface area contributed by atoms with Crippen molar-refractivity contribution in [3.8, 4) is 17.1 Å². The predicted octanol–water partition coefficient (Wildman–Crippen LogP) is 5.94. The summed E-state index contributed by atoms with van der Waals surface area (Å²) in [7, 11) is 0. The Kier molecular flexibility index (Phi) is 6.02. The Hall–Kier alpha value is -3.28. The zero-order valence-corrected chi connectivity index (χ0v) is 17.2. The number of amides is 1. The van der Waals surface area contributed by atoms with Crippen LogP contribution in [0.3, 0.4) is 0 Å². The van der Waals surface area contributed by atoms with Crippen molar-refractivity contribution >= 4 is 46.1 Å². The lowest BCUT2D eigenvalue weighted by Gasteiger charge is -2.06. The number of hydrogen-bond acceptors (Lipinski definition) is 4. The number of rotatable bonds is 6. The first-order valence-electron chi connectivity index (χ1n) is 9.08. The predicted molar refractivity (Wildman–Crippen MR) is 119 cm³/mol. The molecule has 0 aliphatic rings. The largest absolute Gasteiger partial charge is 0.484 e. The highest BCUT2D eigenvalue weighted by atomic mass is 35.5. The fourth-order valence-corrected chi connectivity index (χ4v) is 3.26. The number of carbonyl (C=O) groups excluding carboxylic acids is 1. The maximum absolute atomic E-state index is 12.0. The molecule has 3 aromatic carbocycles. The number of nitrogens with zero attached hydrogens (tertiary/aromatic N) is 1. The van der Waals surface area contributed by atoms with E-state index in [9.17, 15) is 4.79 Å². The molecule has 0 radical (unpaired) electrons. The van der Waals surface area contributed by atoms with Gasteiger partial charge >= 0.3 is 0 Å². The number of fused-ring (bicyclic) bond motifs is 1. The van der Waals surface area contributed by atoms with Crippen molar-refractivity contribution in [3.63, 3.8) is 0 Å². The van der Waals surface area contributed by atoms with Crippen molar-refractivity contribution in [1.29, 1.82) is 0 Å². The second kappa shape index (κ2) is 9.03. The fraction of sp³-hybridized carbons (Fsp3) is 0.0435. The lowest BCUT2D eigenvalue weighted by Crippen LogP contribution is -2.24. The molecule has 150 valence electrons. The van der Waals surface area contributed by atoms with Crippen LogP contribution in [-0.2, 0) is 4.79 Å². The summed E-state index contributed by atoms with van der Waals surface area (Å²) in [5.74, 6) is 1.23. The van der Waals surface area contributed by atoms with Crippen LogP contribution >= 0.6 is 23.2 Å². The van der Waals surface area contributed by atoms with Gasteiger partial charge in [0, 0.05) is 5.56 Å². The molecule has 0 saturated carbocycles. The first-order chi connectivity index (χ1) is 14.6. The average molecular weight is 439 g/mol. The lowest BCUT2D eigenvalue weighted by molar-refractivity contribution is -0.123. The summed E-state index contributed by atoms with van der Waals surface area (Å²) in [6.07, 6.45) is 1.40. The quantitative estimate of drug-likeness (QED) is 0.299. The molecule has 1 aromatic heterocycles. The summed E-state index contributed by atoms with van der Waals surface area (Å²) < 4.78 is 11.2. The molecule has 0 unspecified atom stereocenters. The van der Waals surface area contributed by atoms with Gasteiger partial charge in [0.25, 0.3) is 5.91 Å². The molecule has 1 N–H and O–H groups in total. The molecule has 0 bridgehead atoms. The van der Waals surface area contributed by atoms with E-state index in [0.29, 0.717) is 32.9 Å². The van der Waals surface area contributed by atoms with Gasteiger partial charge in [0.2, 0.25) is 0 Å². The number of furan rings is 1. The number of hydrazone groups is 1. The first kappa shape index (κ1) is 20.0. The van der Waals surface area contributed by atoms with Crippen molar-refractivity contribution in [2.75, 3.05) is 6.61 Å². The molecule has 0 atom stereocenters. The van der Waals surface area contributed by atoms with Gasteiger partial charge in [-0.2, -0.15) is 5.10 Å². The summed E-state index contributed by atoms with van der Waals surface area (Å²) in [5, 5.41) is 6.90. The smallest absolute Gasteiger partial charge is 0.277 e. The molecule has 5 nitrogen and oxygen atoms in total. The number of ether oxygens (including phenoxy) is 1. The summed E-state index contributed by atoms with van der Waals surface area (Å²) in [4.78, 5) is 12.0. The molecular formula is C23H16Cl2N2O3. The van der Waals surface area contributed by atoms with Crippen molar-refractivity contribution in [3.05, 3.63) is 88.6 Å². The van der Waals surface area contributed by atoms with E-state index in [0.717, 1.165) is 10.8 Å². The number of hydrogen-bond donors (Lipinski definition) is 1. The van der Waals surface area contributed by atoms with Gasteiger partial charge in [0.15, 0.2) is 6.61 Å². The Bertz CT molecular complexity index is 1230. The van der Waals surface area contributed by atoms with Crippen molar-refractivity contribution in [1.82, 2.24) is 5.43 Å². The van der Waals surface area contributed by atoms with Crippen LogP contribution in [0.4, 0.5) is 0 Å². The molecule has 30 heavy (non-hydrogen) atoms. The Morgan fingerprint density at radius 1 is 1.00 bits per heavy atom. The van der Waals surface area contributed by atoms with E-state index in [1.54, 1.807) is 30.3 Å². The zero-order chi connectivity index (χ0) is 20.9. The SMILES string of the molecule is O=C(COc1ccc2ccccc2c1)N/N=C/c1ccc(-c2cccc(Cl)c2Cl)o1. The van der Waals surface area contributed by atoms with Crippen molar-refractivity contribution in [2.24, 2.45) is 5.10 Å². The molecule has 0 fully saturated rings. The normalized spacial score (nSPS) is 11.1. The second-order valence-corrected chi connectivity index (χ2v) is 7.18. The highest BCUT2D eigenvalue weighted by molar-refractivity contribution is 6.43. The van der Waals surface area contributed by atoms with E-state index in [1.807, 2.05) is 42.5 Å². The molecule has 7 heteroatoms. The Balaban J connectivity index is 1.32. The number of benzene rings is 3. The zero-order valence-electron chi connectivity index (χ0n) is 15.6. The van der Waals surface area contributed by atoms with Gasteiger partial charge in [-0.15, -0.1) is 0 Å². The monoisotopic (exact) mass is 438 g/mol. The fourth-order valence-electron chi connectivity index (χ4n) is 2.87. The minimum Gasteiger partial charge on any atom is -0.484 e. The molecule has 4 rings (SSSR count).